The standard InChI is InChI=1S/C19H22BrN3O4/c1-5-26-16(24)15-9-10-21-22(15)12-19(4,13-7-6-8-14(20)11-13)23-17(25)27-18(23,2)3/h6-11H,5,12H2,1-4H3. The minimum Gasteiger partial charge on any atom is -0.461 e. The van der Waals surface area contributed by atoms with E-state index in [0.29, 0.717) is 5.69 Å². The van der Waals surface area contributed by atoms with Crippen molar-refractivity contribution in [3.8, 4) is 0 Å². The number of carbonyl (C=O) groups is 2. The van der Waals surface area contributed by atoms with Crippen molar-refractivity contribution in [1.82, 2.24) is 14.7 Å². The van der Waals surface area contributed by atoms with Crippen molar-refractivity contribution in [2.45, 2.75) is 45.5 Å². The third-order valence-electron chi connectivity index (χ3n) is 4.66. The number of cyclic esters (lactones) is 1. The third-order valence-corrected chi connectivity index (χ3v) is 5.15. The molecule has 1 aliphatic heterocycles. The molecule has 8 heteroatoms. The molecule has 27 heavy (non-hydrogen) atoms. The molecule has 144 valence electrons. The summed E-state index contributed by atoms with van der Waals surface area (Å²) in [4.78, 5) is 26.3. The van der Waals surface area contributed by atoms with Gasteiger partial charge in [0.1, 0.15) is 5.69 Å². The molecule has 7 nitrogen and oxygen atoms in total. The molecule has 1 unspecified atom stereocenters. The topological polar surface area (TPSA) is 73.7 Å². The second-order valence-electron chi connectivity index (χ2n) is 7.03. The summed E-state index contributed by atoms with van der Waals surface area (Å²) in [6.07, 6.45) is 1.14. The van der Waals surface area contributed by atoms with Crippen molar-refractivity contribution < 1.29 is 19.1 Å². The van der Waals surface area contributed by atoms with Crippen LogP contribution < -0.4 is 0 Å². The fraction of sp³-hybridized carbons (Fsp3) is 0.421. The Morgan fingerprint density at radius 3 is 2.70 bits per heavy atom. The molecule has 3 rings (SSSR count). The van der Waals surface area contributed by atoms with Gasteiger partial charge in [-0.1, -0.05) is 28.1 Å². The molecule has 0 bridgehead atoms. The van der Waals surface area contributed by atoms with E-state index >= 15 is 0 Å². The molecule has 0 saturated carbocycles. The molecule has 1 aromatic carbocycles. The number of ether oxygens (including phenoxy) is 2. The molecule has 1 fully saturated rings. The highest BCUT2D eigenvalue weighted by molar-refractivity contribution is 9.10. The Hall–Kier alpha value is -2.35. The maximum absolute atomic E-state index is 12.4. The van der Waals surface area contributed by atoms with Gasteiger partial charge in [-0.2, -0.15) is 5.10 Å². The Labute approximate surface area is 166 Å². The van der Waals surface area contributed by atoms with Crippen molar-refractivity contribution in [3.63, 3.8) is 0 Å². The summed E-state index contributed by atoms with van der Waals surface area (Å²) in [5, 5.41) is 4.29. The first-order chi connectivity index (χ1) is 12.7. The Morgan fingerprint density at radius 1 is 1.37 bits per heavy atom. The van der Waals surface area contributed by atoms with Gasteiger partial charge in [-0.25, -0.2) is 9.59 Å². The van der Waals surface area contributed by atoms with Gasteiger partial charge in [-0.05, 0) is 51.5 Å². The molecule has 1 aromatic heterocycles. The fourth-order valence-corrected chi connectivity index (χ4v) is 3.92. The molecular weight excluding hydrogens is 414 g/mol. The molecular formula is C19H22BrN3O4. The molecule has 0 N–H and O–H groups in total. The average molecular weight is 436 g/mol. The number of halogens is 1. The summed E-state index contributed by atoms with van der Waals surface area (Å²) in [5.41, 5.74) is -0.335. The van der Waals surface area contributed by atoms with Crippen molar-refractivity contribution in [1.29, 1.82) is 0 Å². The van der Waals surface area contributed by atoms with E-state index in [-0.39, 0.29) is 13.2 Å². The Morgan fingerprint density at radius 2 is 2.11 bits per heavy atom. The van der Waals surface area contributed by atoms with Gasteiger partial charge in [0, 0.05) is 10.7 Å². The van der Waals surface area contributed by atoms with Gasteiger partial charge < -0.3 is 9.47 Å². The van der Waals surface area contributed by atoms with Crippen LogP contribution in [0.5, 0.6) is 0 Å². The average Bonchev–Trinajstić information content (AvgIpc) is 3.01. The van der Waals surface area contributed by atoms with Crippen LogP contribution in [0, 0.1) is 0 Å². The monoisotopic (exact) mass is 435 g/mol. The predicted molar refractivity (Wildman–Crippen MR) is 102 cm³/mol. The van der Waals surface area contributed by atoms with E-state index in [1.165, 1.54) is 0 Å². The van der Waals surface area contributed by atoms with Gasteiger partial charge in [0.15, 0.2) is 5.72 Å². The number of aromatic nitrogens is 2. The van der Waals surface area contributed by atoms with Gasteiger partial charge in [0.25, 0.3) is 0 Å². The van der Waals surface area contributed by atoms with Crippen LogP contribution in [0.4, 0.5) is 4.79 Å². The number of rotatable bonds is 6. The van der Waals surface area contributed by atoms with Gasteiger partial charge in [0.05, 0.1) is 18.7 Å². The van der Waals surface area contributed by atoms with E-state index in [2.05, 4.69) is 21.0 Å². The quantitative estimate of drug-likeness (QED) is 0.642. The van der Waals surface area contributed by atoms with E-state index in [1.54, 1.807) is 28.8 Å². The summed E-state index contributed by atoms with van der Waals surface area (Å²) in [6.45, 7) is 7.90. The van der Waals surface area contributed by atoms with Crippen LogP contribution in [-0.4, -0.2) is 39.1 Å². The van der Waals surface area contributed by atoms with Crippen LogP contribution >= 0.6 is 15.9 Å². The summed E-state index contributed by atoms with van der Waals surface area (Å²) in [7, 11) is 0. The van der Waals surface area contributed by atoms with Crippen molar-refractivity contribution >= 4 is 28.0 Å². The largest absolute Gasteiger partial charge is 0.461 e. The zero-order valence-corrected chi connectivity index (χ0v) is 17.3. The maximum Gasteiger partial charge on any atom is 0.415 e. The van der Waals surface area contributed by atoms with E-state index in [4.69, 9.17) is 9.47 Å². The lowest BCUT2D eigenvalue weighted by molar-refractivity contribution is -0.207. The predicted octanol–water partition coefficient (Wildman–Crippen LogP) is 3.93. The summed E-state index contributed by atoms with van der Waals surface area (Å²) < 4.78 is 12.9. The number of esters is 1. The first kappa shape index (κ1) is 19.4. The number of amides is 1. The summed E-state index contributed by atoms with van der Waals surface area (Å²) in [5.74, 6) is -0.447. The third kappa shape index (κ3) is 3.45. The lowest BCUT2D eigenvalue weighted by atomic mass is 9.87. The molecule has 0 spiro atoms. The van der Waals surface area contributed by atoms with Crippen LogP contribution in [0.3, 0.4) is 0 Å². The normalized spacial score (nSPS) is 17.7. The lowest BCUT2D eigenvalue weighted by Crippen LogP contribution is -2.69. The van der Waals surface area contributed by atoms with Crippen LogP contribution in [0.2, 0.25) is 0 Å². The highest BCUT2D eigenvalue weighted by Gasteiger charge is 2.56. The van der Waals surface area contributed by atoms with Crippen LogP contribution in [0.25, 0.3) is 0 Å². The number of benzene rings is 1. The van der Waals surface area contributed by atoms with E-state index in [1.807, 2.05) is 45.0 Å². The molecule has 1 amide bonds. The minimum atomic E-state index is -0.796. The van der Waals surface area contributed by atoms with Crippen LogP contribution in [0.1, 0.15) is 43.7 Å². The Balaban J connectivity index is 2.06. The molecule has 1 atom stereocenters. The van der Waals surface area contributed by atoms with Crippen LogP contribution in [0.15, 0.2) is 41.0 Å². The van der Waals surface area contributed by atoms with Crippen LogP contribution in [-0.2, 0) is 21.6 Å². The van der Waals surface area contributed by atoms with Crippen molar-refractivity contribution in [3.05, 3.63) is 52.3 Å². The van der Waals surface area contributed by atoms with Crippen molar-refractivity contribution in [2.75, 3.05) is 6.61 Å². The summed E-state index contributed by atoms with van der Waals surface area (Å²) >= 11 is 3.49. The van der Waals surface area contributed by atoms with Crippen molar-refractivity contribution in [2.24, 2.45) is 0 Å². The van der Waals surface area contributed by atoms with Gasteiger partial charge in [-0.3, -0.25) is 9.58 Å². The first-order valence-electron chi connectivity index (χ1n) is 8.67. The smallest absolute Gasteiger partial charge is 0.415 e. The lowest BCUT2D eigenvalue weighted by Gasteiger charge is -2.55. The molecule has 2 aromatic rings. The second kappa shape index (κ2) is 6.99. The molecule has 1 saturated heterocycles. The minimum absolute atomic E-state index is 0.267. The molecule has 0 radical (unpaired) electrons. The highest BCUT2D eigenvalue weighted by Crippen LogP contribution is 2.43. The molecule has 0 aliphatic carbocycles. The van der Waals surface area contributed by atoms with Gasteiger partial charge >= 0.3 is 12.1 Å². The maximum atomic E-state index is 12.4. The van der Waals surface area contributed by atoms with E-state index in [9.17, 15) is 9.59 Å². The fourth-order valence-electron chi connectivity index (χ4n) is 3.52. The van der Waals surface area contributed by atoms with E-state index < -0.39 is 23.3 Å². The van der Waals surface area contributed by atoms with Gasteiger partial charge in [0.2, 0.25) is 0 Å². The number of hydrogen-bond donors (Lipinski definition) is 0. The second-order valence-corrected chi connectivity index (χ2v) is 7.94. The number of hydrogen-bond acceptors (Lipinski definition) is 5. The molecule has 1 aliphatic rings. The number of nitrogens with zero attached hydrogens (tertiary/aromatic N) is 3. The molecule has 2 heterocycles. The zero-order chi connectivity index (χ0) is 19.8. The first-order valence-corrected chi connectivity index (χ1v) is 9.46. The van der Waals surface area contributed by atoms with E-state index in [0.717, 1.165) is 10.0 Å². The number of carbonyl (C=O) groups excluding carboxylic acids is 2. The zero-order valence-electron chi connectivity index (χ0n) is 15.7. The Kier molecular flexibility index (Phi) is 5.03. The highest BCUT2D eigenvalue weighted by atomic mass is 79.9. The SMILES string of the molecule is CCOC(=O)c1ccnn1CC(C)(c1cccc(Br)c1)N1C(=O)OC1(C)C. The van der Waals surface area contributed by atoms with Gasteiger partial charge in [-0.15, -0.1) is 0 Å². The Bertz CT molecular complexity index is 879. The summed E-state index contributed by atoms with van der Waals surface area (Å²) in [6, 6.07) is 9.33.